The molecule has 0 aliphatic rings. The zero-order valence-corrected chi connectivity index (χ0v) is 16.0. The number of hydrogen-bond donors (Lipinski definition) is 2. The summed E-state index contributed by atoms with van der Waals surface area (Å²) in [6, 6.07) is 4.09. The van der Waals surface area contributed by atoms with Gasteiger partial charge in [-0.05, 0) is 13.0 Å². The van der Waals surface area contributed by atoms with Crippen molar-refractivity contribution in [3.8, 4) is 11.8 Å². The van der Waals surface area contributed by atoms with Gasteiger partial charge in [0.2, 0.25) is 0 Å². The van der Waals surface area contributed by atoms with E-state index in [2.05, 4.69) is 35.3 Å². The van der Waals surface area contributed by atoms with Crippen LogP contribution < -0.4 is 10.9 Å². The molecular formula is C19H13FN10O. The molecule has 152 valence electrons. The Morgan fingerprint density at radius 1 is 1.29 bits per heavy atom. The first kappa shape index (κ1) is 18.4. The van der Waals surface area contributed by atoms with Gasteiger partial charge in [0.05, 0.1) is 36.0 Å². The first-order valence-corrected chi connectivity index (χ1v) is 9.12. The molecule has 31 heavy (non-hydrogen) atoms. The van der Waals surface area contributed by atoms with Crippen LogP contribution in [0.1, 0.15) is 24.4 Å². The number of halogens is 1. The topological polar surface area (TPSA) is 142 Å². The molecule has 5 aromatic rings. The summed E-state index contributed by atoms with van der Waals surface area (Å²) in [5.74, 6) is 0.108. The fraction of sp³-hybridized carbons (Fsp3) is 0.105. The average Bonchev–Trinajstić information content (AvgIpc) is 3.41. The second kappa shape index (κ2) is 6.99. The molecule has 2 N–H and O–H groups in total. The lowest BCUT2D eigenvalue weighted by molar-refractivity contribution is 0.615. The molecule has 5 rings (SSSR count). The predicted molar refractivity (Wildman–Crippen MR) is 107 cm³/mol. The van der Waals surface area contributed by atoms with Crippen LogP contribution in [0.4, 0.5) is 10.2 Å². The molecule has 0 fully saturated rings. The second-order valence-corrected chi connectivity index (χ2v) is 6.68. The van der Waals surface area contributed by atoms with Gasteiger partial charge in [0.1, 0.15) is 29.2 Å². The summed E-state index contributed by atoms with van der Waals surface area (Å²) >= 11 is 0. The molecule has 0 spiro atoms. The van der Waals surface area contributed by atoms with Crippen LogP contribution in [0.15, 0.2) is 48.2 Å². The van der Waals surface area contributed by atoms with Crippen molar-refractivity contribution < 1.29 is 4.39 Å². The minimum atomic E-state index is -0.610. The molecule has 12 heteroatoms. The van der Waals surface area contributed by atoms with Crippen molar-refractivity contribution in [1.82, 2.24) is 39.1 Å². The summed E-state index contributed by atoms with van der Waals surface area (Å²) in [4.78, 5) is 32.6. The van der Waals surface area contributed by atoms with Crippen molar-refractivity contribution >= 4 is 22.5 Å². The maximum absolute atomic E-state index is 13.9. The Labute approximate surface area is 172 Å². The molecule has 11 nitrogen and oxygen atoms in total. The summed E-state index contributed by atoms with van der Waals surface area (Å²) in [5.41, 5.74) is 0.969. The number of hydrogen-bond acceptors (Lipinski definition) is 8. The lowest BCUT2D eigenvalue weighted by atomic mass is 10.2. The van der Waals surface area contributed by atoms with Gasteiger partial charge in [0, 0.05) is 12.3 Å². The zero-order chi connectivity index (χ0) is 21.5. The van der Waals surface area contributed by atoms with E-state index < -0.39 is 17.4 Å². The Morgan fingerprint density at radius 2 is 2.16 bits per heavy atom. The third kappa shape index (κ3) is 2.96. The fourth-order valence-corrected chi connectivity index (χ4v) is 3.37. The van der Waals surface area contributed by atoms with E-state index >= 15 is 0 Å². The Morgan fingerprint density at radius 3 is 2.97 bits per heavy atom. The van der Waals surface area contributed by atoms with Gasteiger partial charge in [0.25, 0.3) is 5.56 Å². The minimum absolute atomic E-state index is 0.0840. The van der Waals surface area contributed by atoms with Crippen LogP contribution in [0.2, 0.25) is 0 Å². The van der Waals surface area contributed by atoms with Crippen LogP contribution in [0.5, 0.6) is 0 Å². The Balaban J connectivity index is 1.72. The normalized spacial score (nSPS) is 12.2. The molecular weight excluding hydrogens is 403 g/mol. The quantitative estimate of drug-likeness (QED) is 0.451. The number of aromatic amines is 1. The number of nitrogens with zero attached hydrogens (tertiary/aromatic N) is 8. The molecule has 0 aromatic carbocycles. The molecule has 0 saturated heterocycles. The van der Waals surface area contributed by atoms with Crippen molar-refractivity contribution in [3.05, 3.63) is 70.9 Å². The highest BCUT2D eigenvalue weighted by molar-refractivity contribution is 5.82. The fourth-order valence-electron chi connectivity index (χ4n) is 3.37. The smallest absolute Gasteiger partial charge is 0.283 e. The molecule has 0 aliphatic heterocycles. The largest absolute Gasteiger partial charge is 0.358 e. The lowest BCUT2D eigenvalue weighted by Crippen LogP contribution is -2.30. The molecule has 5 aromatic heterocycles. The third-order valence-corrected chi connectivity index (χ3v) is 4.74. The van der Waals surface area contributed by atoms with Gasteiger partial charge >= 0.3 is 0 Å². The molecule has 0 bridgehead atoms. The van der Waals surface area contributed by atoms with E-state index in [4.69, 9.17) is 0 Å². The van der Waals surface area contributed by atoms with E-state index in [1.165, 1.54) is 46.3 Å². The Hall–Kier alpha value is -4.66. The van der Waals surface area contributed by atoms with Crippen molar-refractivity contribution in [2.45, 2.75) is 13.0 Å². The highest BCUT2D eigenvalue weighted by Crippen LogP contribution is 2.22. The van der Waals surface area contributed by atoms with Crippen LogP contribution in [-0.4, -0.2) is 39.1 Å². The van der Waals surface area contributed by atoms with Crippen molar-refractivity contribution in [3.63, 3.8) is 0 Å². The SMILES string of the molecule is C[C@H](Nc1ncnc2nc[nH]c12)c1nn2ccc(C#N)c2c(=O)n1-c1cncc(F)c1. The van der Waals surface area contributed by atoms with E-state index in [1.807, 2.05) is 6.07 Å². The third-order valence-electron chi connectivity index (χ3n) is 4.74. The number of H-pyrrole nitrogens is 1. The van der Waals surface area contributed by atoms with Gasteiger partial charge in [-0.15, -0.1) is 0 Å². The molecule has 0 radical (unpaired) electrons. The summed E-state index contributed by atoms with van der Waals surface area (Å²) in [7, 11) is 0. The van der Waals surface area contributed by atoms with Gasteiger partial charge in [-0.2, -0.15) is 10.4 Å². The van der Waals surface area contributed by atoms with Gasteiger partial charge in [-0.1, -0.05) is 0 Å². The van der Waals surface area contributed by atoms with Crippen LogP contribution in [0.25, 0.3) is 22.4 Å². The number of imidazole rings is 1. The van der Waals surface area contributed by atoms with Crippen LogP contribution in [-0.2, 0) is 0 Å². The second-order valence-electron chi connectivity index (χ2n) is 6.68. The first-order valence-electron chi connectivity index (χ1n) is 9.12. The van der Waals surface area contributed by atoms with Crippen LogP contribution in [0.3, 0.4) is 0 Å². The van der Waals surface area contributed by atoms with E-state index in [9.17, 15) is 14.4 Å². The number of aromatic nitrogens is 8. The lowest BCUT2D eigenvalue weighted by Gasteiger charge is -2.19. The minimum Gasteiger partial charge on any atom is -0.358 e. The van der Waals surface area contributed by atoms with Crippen molar-refractivity contribution in [2.24, 2.45) is 0 Å². The number of anilines is 1. The van der Waals surface area contributed by atoms with E-state index in [1.54, 1.807) is 6.92 Å². The summed E-state index contributed by atoms with van der Waals surface area (Å²) in [5, 5.41) is 17.1. The molecule has 0 aliphatic carbocycles. The highest BCUT2D eigenvalue weighted by atomic mass is 19.1. The first-order chi connectivity index (χ1) is 15.1. The van der Waals surface area contributed by atoms with E-state index in [0.717, 1.165) is 6.20 Å². The van der Waals surface area contributed by atoms with Crippen molar-refractivity contribution in [1.29, 1.82) is 5.26 Å². The number of rotatable bonds is 4. The van der Waals surface area contributed by atoms with E-state index in [0.29, 0.717) is 17.0 Å². The predicted octanol–water partition coefficient (Wildman–Crippen LogP) is 1.73. The number of nitrogens with one attached hydrogen (secondary N) is 2. The molecule has 5 heterocycles. The van der Waals surface area contributed by atoms with Crippen molar-refractivity contribution in [2.75, 3.05) is 5.32 Å². The van der Waals surface area contributed by atoms with Gasteiger partial charge < -0.3 is 10.3 Å². The highest BCUT2D eigenvalue weighted by Gasteiger charge is 2.22. The zero-order valence-electron chi connectivity index (χ0n) is 16.0. The molecule has 0 unspecified atom stereocenters. The summed E-state index contributed by atoms with van der Waals surface area (Å²) in [6.45, 7) is 1.77. The van der Waals surface area contributed by atoms with E-state index in [-0.39, 0.29) is 22.6 Å². The number of fused-ring (bicyclic) bond motifs is 2. The standard InChI is InChI=1S/C19H13FN10O/c1-10(27-17-14-16(24-8-23-14)25-9-26-17)18-28-29-3-2-11(5-21)15(29)19(31)30(18)13-4-12(20)6-22-7-13/h2-4,6-10H,1H3,(H2,23,24,25,26,27)/t10-/m0/s1. The number of nitriles is 1. The molecule has 0 saturated carbocycles. The van der Waals surface area contributed by atoms with Gasteiger partial charge in [-0.3, -0.25) is 14.3 Å². The molecule has 0 amide bonds. The Bertz CT molecular complexity index is 1540. The maximum atomic E-state index is 13.9. The summed E-state index contributed by atoms with van der Waals surface area (Å²) < 4.78 is 16.5. The maximum Gasteiger partial charge on any atom is 0.283 e. The van der Waals surface area contributed by atoms with Crippen LogP contribution in [0, 0.1) is 17.1 Å². The molecule has 1 atom stereocenters. The van der Waals surface area contributed by atoms with Gasteiger partial charge in [0.15, 0.2) is 17.3 Å². The monoisotopic (exact) mass is 416 g/mol. The number of pyridine rings is 1. The van der Waals surface area contributed by atoms with Gasteiger partial charge in [-0.25, -0.2) is 23.9 Å². The Kier molecular flexibility index (Phi) is 4.14. The van der Waals surface area contributed by atoms with Crippen LogP contribution >= 0.6 is 0 Å². The summed E-state index contributed by atoms with van der Waals surface area (Å²) in [6.07, 6.45) is 6.78. The average molecular weight is 416 g/mol.